The van der Waals surface area contributed by atoms with Crippen LogP contribution < -0.4 is 5.73 Å². The molecular weight excluding hydrogens is 389 g/mol. The van der Waals surface area contributed by atoms with Crippen LogP contribution in [0.3, 0.4) is 0 Å². The maximum atomic E-state index is 13.6. The Balaban J connectivity index is 2.35. The van der Waals surface area contributed by atoms with Gasteiger partial charge in [-0.05, 0) is 58.7 Å². The van der Waals surface area contributed by atoms with Gasteiger partial charge in [0.25, 0.3) is 0 Å². The molecule has 0 radical (unpaired) electrons. The molecule has 0 fully saturated rings. The van der Waals surface area contributed by atoms with Gasteiger partial charge in [-0.15, -0.1) is 0 Å². The van der Waals surface area contributed by atoms with E-state index in [2.05, 4.69) is 36.8 Å². The first-order valence-corrected chi connectivity index (χ1v) is 7.45. The molecule has 3 aromatic rings. The van der Waals surface area contributed by atoms with Crippen LogP contribution in [0, 0.1) is 12.7 Å². The quantitative estimate of drug-likeness (QED) is 0.651. The number of hydrogen-bond donors (Lipinski definition) is 1. The molecule has 3 rings (SSSR count). The van der Waals surface area contributed by atoms with E-state index in [-0.39, 0.29) is 5.82 Å². The number of nitrogens with two attached hydrogens (primary N) is 1. The molecule has 20 heavy (non-hydrogen) atoms. The summed E-state index contributed by atoms with van der Waals surface area (Å²) < 4.78 is 16.7. The van der Waals surface area contributed by atoms with Crippen LogP contribution in [0.1, 0.15) is 5.56 Å². The molecule has 2 N–H and O–H groups in total. The number of aryl methyl sites for hydroxylation is 1. The lowest BCUT2D eigenvalue weighted by Gasteiger charge is -2.11. The summed E-state index contributed by atoms with van der Waals surface area (Å²) in [6.07, 6.45) is 0. The van der Waals surface area contributed by atoms with Gasteiger partial charge in [0, 0.05) is 4.47 Å². The molecule has 1 heterocycles. The third-order valence-electron chi connectivity index (χ3n) is 3.12. The van der Waals surface area contributed by atoms with E-state index in [9.17, 15) is 4.39 Å². The third-order valence-corrected chi connectivity index (χ3v) is 4.22. The van der Waals surface area contributed by atoms with Gasteiger partial charge in [0.2, 0.25) is 5.95 Å². The molecule has 3 nitrogen and oxygen atoms in total. The van der Waals surface area contributed by atoms with Gasteiger partial charge in [-0.2, -0.15) is 0 Å². The highest BCUT2D eigenvalue weighted by Crippen LogP contribution is 2.30. The molecule has 0 saturated carbocycles. The van der Waals surface area contributed by atoms with Gasteiger partial charge >= 0.3 is 0 Å². The molecule has 0 bridgehead atoms. The molecular formula is C14H10Br2FN3. The molecule has 6 heteroatoms. The van der Waals surface area contributed by atoms with Crippen molar-refractivity contribution in [3.63, 3.8) is 0 Å². The summed E-state index contributed by atoms with van der Waals surface area (Å²) in [5, 5.41) is 0. The number of benzene rings is 2. The normalized spacial score (nSPS) is 11.2. The average molecular weight is 399 g/mol. The fraction of sp³-hybridized carbons (Fsp3) is 0.0714. The van der Waals surface area contributed by atoms with Gasteiger partial charge in [0.1, 0.15) is 5.82 Å². The Morgan fingerprint density at radius 3 is 2.70 bits per heavy atom. The minimum Gasteiger partial charge on any atom is -0.369 e. The predicted octanol–water partition coefficient (Wildman–Crippen LogP) is 4.58. The van der Waals surface area contributed by atoms with Crippen molar-refractivity contribution in [3.8, 4) is 5.69 Å². The van der Waals surface area contributed by atoms with Gasteiger partial charge in [-0.1, -0.05) is 15.9 Å². The van der Waals surface area contributed by atoms with E-state index in [1.807, 2.05) is 29.7 Å². The standard InChI is InChI=1S/C14H10Br2FN3/c1-7-4-10(17)9(16)6-13(7)20-12-3-2-8(15)5-11(12)19-14(20)18/h2-6H,1H3,(H2,18,19). The first-order valence-electron chi connectivity index (χ1n) is 5.87. The second-order valence-electron chi connectivity index (χ2n) is 4.49. The van der Waals surface area contributed by atoms with Gasteiger partial charge in [0.15, 0.2) is 0 Å². The lowest BCUT2D eigenvalue weighted by atomic mass is 10.2. The third kappa shape index (κ3) is 2.13. The predicted molar refractivity (Wildman–Crippen MR) is 85.6 cm³/mol. The number of halogens is 3. The molecule has 0 aliphatic carbocycles. The lowest BCUT2D eigenvalue weighted by Crippen LogP contribution is -2.03. The van der Waals surface area contributed by atoms with E-state index in [1.165, 1.54) is 6.07 Å². The Hall–Kier alpha value is -1.40. The van der Waals surface area contributed by atoms with E-state index >= 15 is 0 Å². The number of nitrogens with zero attached hydrogens (tertiary/aromatic N) is 2. The highest BCUT2D eigenvalue weighted by Gasteiger charge is 2.14. The Kier molecular flexibility index (Phi) is 3.30. The maximum absolute atomic E-state index is 13.6. The van der Waals surface area contributed by atoms with Crippen molar-refractivity contribution in [3.05, 3.63) is 50.7 Å². The minimum atomic E-state index is -0.294. The molecule has 0 unspecified atom stereocenters. The number of nitrogen functional groups attached to an aromatic ring is 1. The summed E-state index contributed by atoms with van der Waals surface area (Å²) in [6, 6.07) is 8.94. The Bertz CT molecular complexity index is 827. The summed E-state index contributed by atoms with van der Waals surface area (Å²) in [6.45, 7) is 1.84. The van der Waals surface area contributed by atoms with Crippen molar-refractivity contribution in [2.75, 3.05) is 5.73 Å². The van der Waals surface area contributed by atoms with Crippen molar-refractivity contribution >= 4 is 48.8 Å². The Morgan fingerprint density at radius 2 is 1.95 bits per heavy atom. The van der Waals surface area contributed by atoms with Crippen LogP contribution >= 0.6 is 31.9 Å². The van der Waals surface area contributed by atoms with Gasteiger partial charge in [-0.25, -0.2) is 9.37 Å². The van der Waals surface area contributed by atoms with Gasteiger partial charge in [0.05, 0.1) is 21.2 Å². The van der Waals surface area contributed by atoms with Gasteiger partial charge in [-0.3, -0.25) is 4.57 Å². The maximum Gasteiger partial charge on any atom is 0.205 e. The van der Waals surface area contributed by atoms with E-state index < -0.39 is 0 Å². The Morgan fingerprint density at radius 1 is 1.20 bits per heavy atom. The van der Waals surface area contributed by atoms with Crippen LogP contribution in [0.15, 0.2) is 39.3 Å². The number of imidazole rings is 1. The largest absolute Gasteiger partial charge is 0.369 e. The SMILES string of the molecule is Cc1cc(F)c(Br)cc1-n1c(N)nc2cc(Br)ccc21. The number of rotatable bonds is 1. The second kappa shape index (κ2) is 4.86. The highest BCUT2D eigenvalue weighted by atomic mass is 79.9. The zero-order chi connectivity index (χ0) is 14.4. The molecule has 102 valence electrons. The zero-order valence-electron chi connectivity index (χ0n) is 10.5. The number of hydrogen-bond acceptors (Lipinski definition) is 2. The summed E-state index contributed by atoms with van der Waals surface area (Å²) in [5.41, 5.74) is 9.29. The van der Waals surface area contributed by atoms with Crippen LogP contribution in [-0.4, -0.2) is 9.55 Å². The van der Waals surface area contributed by atoms with Crippen LogP contribution in [0.2, 0.25) is 0 Å². The van der Waals surface area contributed by atoms with Crippen LogP contribution in [0.4, 0.5) is 10.3 Å². The van der Waals surface area contributed by atoms with E-state index in [1.54, 1.807) is 6.07 Å². The monoisotopic (exact) mass is 397 g/mol. The molecule has 2 aromatic carbocycles. The number of aromatic nitrogens is 2. The molecule has 0 aliphatic rings. The van der Waals surface area contributed by atoms with Crippen molar-refractivity contribution in [1.82, 2.24) is 9.55 Å². The van der Waals surface area contributed by atoms with E-state index in [0.29, 0.717) is 10.4 Å². The molecule has 0 amide bonds. The van der Waals surface area contributed by atoms with Crippen molar-refractivity contribution in [1.29, 1.82) is 0 Å². The lowest BCUT2D eigenvalue weighted by molar-refractivity contribution is 0.619. The Labute approximate surface area is 131 Å². The summed E-state index contributed by atoms with van der Waals surface area (Å²) in [4.78, 5) is 4.35. The topological polar surface area (TPSA) is 43.8 Å². The van der Waals surface area contributed by atoms with E-state index in [0.717, 1.165) is 26.8 Å². The summed E-state index contributed by atoms with van der Waals surface area (Å²) in [7, 11) is 0. The van der Waals surface area contributed by atoms with Crippen LogP contribution in [0.5, 0.6) is 0 Å². The first-order chi connectivity index (χ1) is 9.47. The molecule has 0 saturated heterocycles. The minimum absolute atomic E-state index is 0.294. The smallest absolute Gasteiger partial charge is 0.205 e. The highest BCUT2D eigenvalue weighted by molar-refractivity contribution is 9.10. The zero-order valence-corrected chi connectivity index (χ0v) is 13.7. The van der Waals surface area contributed by atoms with Gasteiger partial charge < -0.3 is 5.73 Å². The fourth-order valence-electron chi connectivity index (χ4n) is 2.20. The molecule has 1 aromatic heterocycles. The second-order valence-corrected chi connectivity index (χ2v) is 6.26. The summed E-state index contributed by atoms with van der Waals surface area (Å²) >= 11 is 6.62. The van der Waals surface area contributed by atoms with Crippen LogP contribution in [-0.2, 0) is 0 Å². The van der Waals surface area contributed by atoms with Crippen molar-refractivity contribution < 1.29 is 4.39 Å². The molecule has 0 spiro atoms. The van der Waals surface area contributed by atoms with Crippen molar-refractivity contribution in [2.45, 2.75) is 6.92 Å². The fourth-order valence-corrected chi connectivity index (χ4v) is 2.88. The molecule has 0 aliphatic heterocycles. The number of fused-ring (bicyclic) bond motifs is 1. The summed E-state index contributed by atoms with van der Waals surface area (Å²) in [5.74, 6) is 0.0803. The average Bonchev–Trinajstić information content (AvgIpc) is 2.69. The van der Waals surface area contributed by atoms with Crippen molar-refractivity contribution in [2.24, 2.45) is 0 Å². The van der Waals surface area contributed by atoms with E-state index in [4.69, 9.17) is 5.73 Å². The van der Waals surface area contributed by atoms with Crippen LogP contribution in [0.25, 0.3) is 16.7 Å². The number of anilines is 1. The molecule has 0 atom stereocenters. The first kappa shape index (κ1) is 13.6.